The number of aromatic nitrogens is 1. The summed E-state index contributed by atoms with van der Waals surface area (Å²) >= 11 is 1.05. The number of aliphatic carboxylic acids is 1. The van der Waals surface area contributed by atoms with Crippen LogP contribution in [0, 0.1) is 10.1 Å². The molecule has 1 rings (SSSR count). The lowest BCUT2D eigenvalue weighted by Crippen LogP contribution is -2.43. The quantitative estimate of drug-likeness (QED) is 0.234. The summed E-state index contributed by atoms with van der Waals surface area (Å²) in [6, 6.07) is 1.83. The van der Waals surface area contributed by atoms with Gasteiger partial charge in [0.25, 0.3) is 0 Å². The molecule has 0 fully saturated rings. The van der Waals surface area contributed by atoms with Gasteiger partial charge >= 0.3 is 17.7 Å². The van der Waals surface area contributed by atoms with Gasteiger partial charge in [-0.3, -0.25) is 14.8 Å². The molecule has 0 saturated heterocycles. The van der Waals surface area contributed by atoms with Gasteiger partial charge in [-0.2, -0.15) is 0 Å². The fourth-order valence-corrected chi connectivity index (χ4v) is 2.72. The predicted octanol–water partition coefficient (Wildman–Crippen LogP) is 2.73. The first kappa shape index (κ1) is 22.6. The second-order valence-electron chi connectivity index (χ2n) is 6.61. The van der Waals surface area contributed by atoms with Crippen LogP contribution in [0.2, 0.25) is 0 Å². The van der Waals surface area contributed by atoms with Crippen LogP contribution in [0.3, 0.4) is 0 Å². The highest BCUT2D eigenvalue weighted by atomic mass is 32.2. The summed E-state index contributed by atoms with van der Waals surface area (Å²) in [5, 5.41) is 22.7. The Labute approximate surface area is 161 Å². The number of nitrogens with zero attached hydrogens (tertiary/aromatic N) is 2. The molecule has 1 amide bonds. The molecule has 1 aromatic heterocycles. The number of hydrogen-bond donors (Lipinski definition) is 3. The summed E-state index contributed by atoms with van der Waals surface area (Å²) < 4.78 is 8.01. The lowest BCUT2D eigenvalue weighted by molar-refractivity contribution is -0.388. The van der Waals surface area contributed by atoms with Crippen molar-refractivity contribution in [1.29, 1.82) is 0 Å². The van der Waals surface area contributed by atoms with E-state index in [2.05, 4.69) is 15.0 Å². The third kappa shape index (κ3) is 9.20. The number of rotatable bonds is 10. The number of hydrogen-bond acceptors (Lipinski definition) is 8. The number of ether oxygens (including phenoxy) is 1. The summed E-state index contributed by atoms with van der Waals surface area (Å²) in [6.45, 7) is 5.57. The second-order valence-corrected chi connectivity index (χ2v) is 7.49. The van der Waals surface area contributed by atoms with Crippen LogP contribution < -0.4 is 10.0 Å². The van der Waals surface area contributed by atoms with Crippen molar-refractivity contribution >= 4 is 29.7 Å². The van der Waals surface area contributed by atoms with Crippen molar-refractivity contribution in [3.8, 4) is 0 Å². The van der Waals surface area contributed by atoms with Gasteiger partial charge in [-0.25, -0.2) is 14.6 Å². The van der Waals surface area contributed by atoms with Gasteiger partial charge in [0.15, 0.2) is 5.03 Å². The molecular formula is C16H24N4O6S. The van der Waals surface area contributed by atoms with Crippen molar-refractivity contribution in [3.63, 3.8) is 0 Å². The smallest absolute Gasteiger partial charge is 0.408 e. The first-order chi connectivity index (χ1) is 12.6. The fourth-order valence-electron chi connectivity index (χ4n) is 1.97. The van der Waals surface area contributed by atoms with Crippen LogP contribution in [-0.2, 0) is 9.53 Å². The summed E-state index contributed by atoms with van der Waals surface area (Å²) in [4.78, 5) is 37.3. The van der Waals surface area contributed by atoms with Crippen molar-refractivity contribution in [2.24, 2.45) is 0 Å². The molecule has 0 aliphatic heterocycles. The Hall–Kier alpha value is -2.40. The third-order valence-electron chi connectivity index (χ3n) is 3.13. The number of pyridine rings is 1. The molecule has 0 aliphatic rings. The molecule has 0 radical (unpaired) electrons. The molecule has 1 atom stereocenters. The molecule has 27 heavy (non-hydrogen) atoms. The molecule has 1 aromatic rings. The van der Waals surface area contributed by atoms with E-state index in [0.29, 0.717) is 19.4 Å². The van der Waals surface area contributed by atoms with Gasteiger partial charge in [0.2, 0.25) is 0 Å². The highest BCUT2D eigenvalue weighted by Gasteiger charge is 2.23. The average molecular weight is 400 g/mol. The molecule has 3 N–H and O–H groups in total. The Morgan fingerprint density at radius 3 is 2.70 bits per heavy atom. The Bertz CT molecular complexity index is 665. The molecule has 0 bridgehead atoms. The molecule has 10 nitrogen and oxygen atoms in total. The first-order valence-electron chi connectivity index (χ1n) is 8.31. The van der Waals surface area contributed by atoms with Gasteiger partial charge in [-0.15, -0.1) is 0 Å². The van der Waals surface area contributed by atoms with E-state index in [9.17, 15) is 24.8 Å². The van der Waals surface area contributed by atoms with Crippen molar-refractivity contribution < 1.29 is 24.4 Å². The van der Waals surface area contributed by atoms with Crippen LogP contribution in [0.25, 0.3) is 0 Å². The number of alkyl carbamates (subject to hydrolysis) is 1. The number of carbonyl (C=O) groups excluding carboxylic acids is 1. The first-order valence-corrected chi connectivity index (χ1v) is 9.13. The van der Waals surface area contributed by atoms with E-state index >= 15 is 0 Å². The minimum atomic E-state index is -1.13. The standard InChI is InChI=1S/C16H24N4O6S/c1-16(2,3)26-15(23)19-11(14(21)22)7-4-5-10-18-27-13-12(20(24)25)8-6-9-17-13/h6,8-9,11,18H,4-5,7,10H2,1-3H3,(H,19,23)(H,21,22). The largest absolute Gasteiger partial charge is 0.480 e. The van der Waals surface area contributed by atoms with Crippen LogP contribution in [0.5, 0.6) is 0 Å². The predicted molar refractivity (Wildman–Crippen MR) is 99.4 cm³/mol. The zero-order chi connectivity index (χ0) is 20.4. The molecule has 0 saturated carbocycles. The normalized spacial score (nSPS) is 12.3. The molecule has 0 spiro atoms. The Kier molecular flexibility index (Phi) is 8.95. The molecule has 11 heteroatoms. The Balaban J connectivity index is 2.34. The molecular weight excluding hydrogens is 376 g/mol. The number of amides is 1. The summed E-state index contributed by atoms with van der Waals surface area (Å²) in [5.41, 5.74) is -0.787. The van der Waals surface area contributed by atoms with E-state index in [-0.39, 0.29) is 17.1 Å². The maximum atomic E-state index is 11.7. The van der Waals surface area contributed by atoms with Crippen LogP contribution in [-0.4, -0.2) is 45.3 Å². The highest BCUT2D eigenvalue weighted by Crippen LogP contribution is 2.23. The van der Waals surface area contributed by atoms with Crippen LogP contribution in [0.1, 0.15) is 40.0 Å². The molecule has 1 heterocycles. The van der Waals surface area contributed by atoms with E-state index in [4.69, 9.17) is 4.74 Å². The second kappa shape index (κ2) is 10.7. The number of nitro groups is 1. The zero-order valence-electron chi connectivity index (χ0n) is 15.4. The van der Waals surface area contributed by atoms with Gasteiger partial charge in [-0.1, -0.05) is 0 Å². The number of carboxylic acid groups (broad SMARTS) is 1. The van der Waals surface area contributed by atoms with Gasteiger partial charge in [0, 0.05) is 18.8 Å². The van der Waals surface area contributed by atoms with Gasteiger partial charge in [-0.05, 0) is 58.0 Å². The Morgan fingerprint density at radius 1 is 1.41 bits per heavy atom. The average Bonchev–Trinajstić information content (AvgIpc) is 2.55. The summed E-state index contributed by atoms with van der Waals surface area (Å²) in [7, 11) is 0. The zero-order valence-corrected chi connectivity index (χ0v) is 16.2. The highest BCUT2D eigenvalue weighted by molar-refractivity contribution is 7.97. The third-order valence-corrected chi connectivity index (χ3v) is 3.98. The SMILES string of the molecule is CC(C)(C)OC(=O)NC(CCCCNSc1ncccc1[N+](=O)[O-])C(=O)O. The van der Waals surface area contributed by atoms with Crippen molar-refractivity contribution in [2.75, 3.05) is 6.54 Å². The van der Waals surface area contributed by atoms with E-state index in [1.54, 1.807) is 20.8 Å². The summed E-state index contributed by atoms with van der Waals surface area (Å²) in [5.74, 6) is -1.13. The number of unbranched alkanes of at least 4 members (excludes halogenated alkanes) is 1. The van der Waals surface area contributed by atoms with Crippen molar-refractivity contribution in [3.05, 3.63) is 28.4 Å². The van der Waals surface area contributed by atoms with E-state index < -0.39 is 28.6 Å². The van der Waals surface area contributed by atoms with Crippen LogP contribution in [0.4, 0.5) is 10.5 Å². The van der Waals surface area contributed by atoms with Gasteiger partial charge < -0.3 is 15.2 Å². The van der Waals surface area contributed by atoms with Gasteiger partial charge in [0.1, 0.15) is 11.6 Å². The number of carbonyl (C=O) groups is 2. The monoisotopic (exact) mass is 400 g/mol. The lowest BCUT2D eigenvalue weighted by atomic mass is 10.1. The number of nitrogens with one attached hydrogen (secondary N) is 2. The van der Waals surface area contributed by atoms with Crippen LogP contribution >= 0.6 is 11.9 Å². The molecule has 1 unspecified atom stereocenters. The minimum absolute atomic E-state index is 0.0810. The number of carboxylic acids is 1. The van der Waals surface area contributed by atoms with Crippen molar-refractivity contribution in [2.45, 2.75) is 56.7 Å². The van der Waals surface area contributed by atoms with Gasteiger partial charge in [0.05, 0.1) is 4.92 Å². The van der Waals surface area contributed by atoms with E-state index in [1.807, 2.05) is 0 Å². The fraction of sp³-hybridized carbons (Fsp3) is 0.562. The lowest BCUT2D eigenvalue weighted by Gasteiger charge is -2.22. The maximum Gasteiger partial charge on any atom is 0.408 e. The molecule has 0 aromatic carbocycles. The Morgan fingerprint density at radius 2 is 2.11 bits per heavy atom. The molecule has 150 valence electrons. The minimum Gasteiger partial charge on any atom is -0.480 e. The van der Waals surface area contributed by atoms with E-state index in [1.165, 1.54) is 18.3 Å². The topological polar surface area (TPSA) is 144 Å². The van der Waals surface area contributed by atoms with Crippen LogP contribution in [0.15, 0.2) is 23.4 Å². The molecule has 0 aliphatic carbocycles. The maximum absolute atomic E-state index is 11.7. The van der Waals surface area contributed by atoms with E-state index in [0.717, 1.165) is 11.9 Å². The summed E-state index contributed by atoms with van der Waals surface area (Å²) in [6.07, 6.45) is 2.09. The van der Waals surface area contributed by atoms with Crippen molar-refractivity contribution in [1.82, 2.24) is 15.0 Å².